The van der Waals surface area contributed by atoms with Gasteiger partial charge in [-0.3, -0.25) is 0 Å². The van der Waals surface area contributed by atoms with Gasteiger partial charge >= 0.3 is 6.16 Å². The molecule has 0 saturated carbocycles. The number of aliphatic hydroxyl groups is 1. The molecule has 0 aromatic rings. The van der Waals surface area contributed by atoms with E-state index in [1.54, 1.807) is 0 Å². The highest BCUT2D eigenvalue weighted by Gasteiger charge is 1.98. The van der Waals surface area contributed by atoms with E-state index in [4.69, 9.17) is 5.11 Å². The highest BCUT2D eigenvalue weighted by molar-refractivity contribution is 7.79. The maximum atomic E-state index is 10.1. The van der Waals surface area contributed by atoms with Gasteiger partial charge in [0.15, 0.2) is 6.79 Å². The van der Waals surface area contributed by atoms with Crippen LogP contribution in [-0.4, -0.2) is 30.0 Å². The minimum atomic E-state index is -0.918. The van der Waals surface area contributed by atoms with Crippen LogP contribution in [0.4, 0.5) is 4.79 Å². The van der Waals surface area contributed by atoms with Gasteiger partial charge < -0.3 is 14.6 Å². The van der Waals surface area contributed by atoms with Crippen LogP contribution in [0.5, 0.6) is 0 Å². The van der Waals surface area contributed by atoms with Gasteiger partial charge in [-0.05, 0) is 0 Å². The van der Waals surface area contributed by atoms with Gasteiger partial charge in [0, 0.05) is 5.37 Å². The average molecular weight is 150 g/mol. The van der Waals surface area contributed by atoms with E-state index in [1.165, 1.54) is 5.37 Å². The molecular weight excluding hydrogens is 144 g/mol. The van der Waals surface area contributed by atoms with Crippen molar-refractivity contribution in [1.29, 1.82) is 0 Å². The average Bonchev–Trinajstić information content (AvgIpc) is 1.85. The summed E-state index contributed by atoms with van der Waals surface area (Å²) in [5.74, 6) is 0. The molecule has 0 fully saturated rings. The number of carbonyl (C=O) groups excluding carboxylic acids is 1. The molecule has 0 aliphatic rings. The van der Waals surface area contributed by atoms with Crippen LogP contribution in [0.2, 0.25) is 0 Å². The lowest BCUT2D eigenvalue weighted by molar-refractivity contribution is 0.000466. The molecule has 5 heteroatoms. The van der Waals surface area contributed by atoms with Gasteiger partial charge in [-0.15, -0.1) is 0 Å². The standard InChI is InChI=1S/C4H6O4S/c5-3-8-4(6)7-1-2-9/h2,5H,1,3H2. The third kappa shape index (κ3) is 5.19. The fourth-order valence-corrected chi connectivity index (χ4v) is 0.264. The number of aliphatic hydroxyl groups excluding tert-OH is 1. The predicted octanol–water partition coefficient (Wildman–Crippen LogP) is 0.0891. The summed E-state index contributed by atoms with van der Waals surface area (Å²) in [5, 5.41) is 9.21. The molecule has 0 spiro atoms. The fourth-order valence-electron chi connectivity index (χ4n) is 0.196. The lowest BCUT2D eigenvalue weighted by Crippen LogP contribution is -2.08. The van der Waals surface area contributed by atoms with Crippen molar-refractivity contribution in [2.75, 3.05) is 13.4 Å². The van der Waals surface area contributed by atoms with Gasteiger partial charge in [0.05, 0.1) is 0 Å². The molecule has 0 amide bonds. The molecule has 0 aromatic carbocycles. The summed E-state index contributed by atoms with van der Waals surface area (Å²) in [4.78, 5) is 10.1. The molecule has 0 aliphatic carbocycles. The Kier molecular flexibility index (Phi) is 5.04. The van der Waals surface area contributed by atoms with Crippen molar-refractivity contribution in [2.24, 2.45) is 0 Å². The smallest absolute Gasteiger partial charge is 0.429 e. The Morgan fingerprint density at radius 1 is 1.67 bits per heavy atom. The Hall–Kier alpha value is -0.680. The van der Waals surface area contributed by atoms with Crippen LogP contribution >= 0.6 is 12.2 Å². The summed E-state index contributed by atoms with van der Waals surface area (Å²) in [6.07, 6.45) is -0.918. The van der Waals surface area contributed by atoms with Crippen LogP contribution in [0.1, 0.15) is 0 Å². The molecule has 0 saturated heterocycles. The first-order chi connectivity index (χ1) is 4.31. The van der Waals surface area contributed by atoms with E-state index in [1.807, 2.05) is 0 Å². The third-order valence-corrected chi connectivity index (χ3v) is 0.588. The molecule has 0 unspecified atom stereocenters. The first-order valence-electron chi connectivity index (χ1n) is 2.15. The van der Waals surface area contributed by atoms with Crippen LogP contribution in [0.15, 0.2) is 0 Å². The Morgan fingerprint density at radius 3 is 2.78 bits per heavy atom. The van der Waals surface area contributed by atoms with Crippen molar-refractivity contribution in [3.63, 3.8) is 0 Å². The molecule has 4 nitrogen and oxygen atoms in total. The molecule has 0 radical (unpaired) electrons. The topological polar surface area (TPSA) is 55.8 Å². The number of ether oxygens (including phenoxy) is 2. The zero-order chi connectivity index (χ0) is 7.11. The maximum absolute atomic E-state index is 10.1. The van der Waals surface area contributed by atoms with Crippen LogP contribution < -0.4 is 0 Å². The van der Waals surface area contributed by atoms with Crippen molar-refractivity contribution < 1.29 is 19.4 Å². The van der Waals surface area contributed by atoms with Gasteiger partial charge in [0.25, 0.3) is 0 Å². The number of hydrogen-bond donors (Lipinski definition) is 1. The number of carbonyl (C=O) groups is 1. The zero-order valence-corrected chi connectivity index (χ0v) is 5.39. The Morgan fingerprint density at radius 2 is 2.33 bits per heavy atom. The third-order valence-electron chi connectivity index (χ3n) is 0.452. The van der Waals surface area contributed by atoms with Gasteiger partial charge in [-0.2, -0.15) is 0 Å². The summed E-state index contributed by atoms with van der Waals surface area (Å²) in [5.41, 5.74) is 0. The van der Waals surface area contributed by atoms with Crippen LogP contribution in [0.25, 0.3) is 0 Å². The molecule has 0 rings (SSSR count). The second kappa shape index (κ2) is 5.46. The normalized spacial score (nSPS) is 8.11. The molecule has 0 heterocycles. The van der Waals surface area contributed by atoms with Crippen molar-refractivity contribution in [3.05, 3.63) is 0 Å². The Bertz CT molecular complexity index is 103. The molecule has 0 bridgehead atoms. The number of hydrogen-bond acceptors (Lipinski definition) is 5. The van der Waals surface area contributed by atoms with Gasteiger partial charge in [-0.25, -0.2) is 4.79 Å². The van der Waals surface area contributed by atoms with Crippen molar-refractivity contribution in [1.82, 2.24) is 0 Å². The van der Waals surface area contributed by atoms with E-state index < -0.39 is 12.9 Å². The summed E-state index contributed by atoms with van der Waals surface area (Å²) in [6, 6.07) is 0. The SMILES string of the molecule is O=C(OCO)OCC=S. The van der Waals surface area contributed by atoms with Gasteiger partial charge in [0.2, 0.25) is 0 Å². The van der Waals surface area contributed by atoms with E-state index in [0.29, 0.717) is 0 Å². The minimum Gasteiger partial charge on any atom is -0.429 e. The summed E-state index contributed by atoms with van der Waals surface area (Å²) in [6.45, 7) is -0.648. The minimum absolute atomic E-state index is 0.0220. The second-order valence-electron chi connectivity index (χ2n) is 1.00. The maximum Gasteiger partial charge on any atom is 0.510 e. The number of rotatable bonds is 3. The van der Waals surface area contributed by atoms with Crippen LogP contribution in [0.3, 0.4) is 0 Å². The molecule has 0 aliphatic heterocycles. The van der Waals surface area contributed by atoms with Crippen molar-refractivity contribution >= 4 is 23.7 Å². The molecule has 52 valence electrons. The number of thiocarbonyl (C=S) groups is 1. The lowest BCUT2D eigenvalue weighted by Gasteiger charge is -1.98. The summed E-state index contributed by atoms with van der Waals surface area (Å²) < 4.78 is 8.22. The monoisotopic (exact) mass is 150 g/mol. The summed E-state index contributed by atoms with van der Waals surface area (Å²) in [7, 11) is 0. The van der Waals surface area contributed by atoms with E-state index >= 15 is 0 Å². The fraction of sp³-hybridized carbons (Fsp3) is 0.500. The first kappa shape index (κ1) is 8.32. The molecular formula is C4H6O4S. The second-order valence-corrected chi connectivity index (χ2v) is 1.33. The quantitative estimate of drug-likeness (QED) is 0.351. The Labute approximate surface area is 57.4 Å². The van der Waals surface area contributed by atoms with E-state index in [-0.39, 0.29) is 6.61 Å². The highest BCUT2D eigenvalue weighted by Crippen LogP contribution is 1.80. The molecule has 1 N–H and O–H groups in total. The first-order valence-corrected chi connectivity index (χ1v) is 2.62. The molecule has 0 atom stereocenters. The predicted molar refractivity (Wildman–Crippen MR) is 33.2 cm³/mol. The lowest BCUT2D eigenvalue weighted by atomic mass is 10.9. The largest absolute Gasteiger partial charge is 0.510 e. The Balaban J connectivity index is 3.16. The zero-order valence-electron chi connectivity index (χ0n) is 4.57. The van der Waals surface area contributed by atoms with Gasteiger partial charge in [0.1, 0.15) is 6.61 Å². The van der Waals surface area contributed by atoms with Crippen molar-refractivity contribution in [3.8, 4) is 0 Å². The van der Waals surface area contributed by atoms with E-state index in [9.17, 15) is 4.79 Å². The molecule has 0 aromatic heterocycles. The summed E-state index contributed by atoms with van der Waals surface area (Å²) >= 11 is 4.33. The molecule has 9 heavy (non-hydrogen) atoms. The van der Waals surface area contributed by atoms with E-state index in [0.717, 1.165) is 0 Å². The van der Waals surface area contributed by atoms with Crippen LogP contribution in [-0.2, 0) is 9.47 Å². The van der Waals surface area contributed by atoms with E-state index in [2.05, 4.69) is 21.7 Å². The highest BCUT2D eigenvalue weighted by atomic mass is 32.1. The van der Waals surface area contributed by atoms with Crippen LogP contribution in [0, 0.1) is 0 Å². The van der Waals surface area contributed by atoms with Crippen molar-refractivity contribution in [2.45, 2.75) is 0 Å². The van der Waals surface area contributed by atoms with Gasteiger partial charge in [-0.1, -0.05) is 12.2 Å².